The second-order valence-electron chi connectivity index (χ2n) is 4.02. The van der Waals surface area contributed by atoms with E-state index in [0.717, 1.165) is 0 Å². The van der Waals surface area contributed by atoms with Crippen LogP contribution in [-0.2, 0) is 4.79 Å². The number of primary amides is 1. The number of rotatable bonds is 5. The van der Waals surface area contributed by atoms with Crippen LogP contribution in [-0.4, -0.2) is 29.6 Å². The highest BCUT2D eigenvalue weighted by atomic mass is 16.4. The highest BCUT2D eigenvalue weighted by Gasteiger charge is 2.12. The fourth-order valence-electron chi connectivity index (χ4n) is 1.23. The molecule has 0 aliphatic rings. The summed E-state index contributed by atoms with van der Waals surface area (Å²) in [5, 5.41) is 13.6. The Morgan fingerprint density at radius 3 is 2.32 bits per heavy atom. The highest BCUT2D eigenvalue weighted by Crippen LogP contribution is 2.08. The lowest BCUT2D eigenvalue weighted by Crippen LogP contribution is -2.34. The quantitative estimate of drug-likeness (QED) is 0.623. The van der Waals surface area contributed by atoms with Gasteiger partial charge in [0.2, 0.25) is 5.91 Å². The summed E-state index contributed by atoms with van der Waals surface area (Å²) < 4.78 is 0. The van der Waals surface area contributed by atoms with Gasteiger partial charge >= 0.3 is 12.0 Å². The van der Waals surface area contributed by atoms with Gasteiger partial charge in [0.15, 0.2) is 0 Å². The number of nitrogens with one attached hydrogen (secondary N) is 2. The molecule has 1 unspecified atom stereocenters. The van der Waals surface area contributed by atoms with E-state index in [2.05, 4.69) is 10.6 Å². The number of hydrogen-bond acceptors (Lipinski definition) is 3. The lowest BCUT2D eigenvalue weighted by Gasteiger charge is -2.10. The van der Waals surface area contributed by atoms with E-state index in [1.807, 2.05) is 0 Å². The Labute approximate surface area is 109 Å². The van der Waals surface area contributed by atoms with Crippen molar-refractivity contribution >= 4 is 23.6 Å². The summed E-state index contributed by atoms with van der Waals surface area (Å²) in [6.07, 6.45) is 0. The molecule has 7 nitrogen and oxygen atoms in total. The molecule has 0 spiro atoms. The van der Waals surface area contributed by atoms with Gasteiger partial charge in [0.05, 0.1) is 5.92 Å². The molecule has 19 heavy (non-hydrogen) atoms. The lowest BCUT2D eigenvalue weighted by molar-refractivity contribution is -0.140. The Balaban J connectivity index is 2.48. The Kier molecular flexibility index (Phi) is 4.87. The lowest BCUT2D eigenvalue weighted by atomic mass is 10.2. The summed E-state index contributed by atoms with van der Waals surface area (Å²) in [4.78, 5) is 32.9. The van der Waals surface area contributed by atoms with Crippen LogP contribution in [0.1, 0.15) is 17.3 Å². The Morgan fingerprint density at radius 1 is 1.26 bits per heavy atom. The molecule has 5 N–H and O–H groups in total. The first-order valence-electron chi connectivity index (χ1n) is 5.57. The van der Waals surface area contributed by atoms with Crippen LogP contribution in [0.3, 0.4) is 0 Å². The van der Waals surface area contributed by atoms with E-state index in [0.29, 0.717) is 11.3 Å². The van der Waals surface area contributed by atoms with Crippen molar-refractivity contribution in [3.05, 3.63) is 29.8 Å². The number of aliphatic carboxylic acids is 1. The predicted octanol–water partition coefficient (Wildman–Crippen LogP) is 0.628. The van der Waals surface area contributed by atoms with Crippen LogP contribution in [0.4, 0.5) is 10.5 Å². The van der Waals surface area contributed by atoms with Crippen molar-refractivity contribution in [1.29, 1.82) is 0 Å². The number of carbonyl (C=O) groups excluding carboxylic acids is 2. The largest absolute Gasteiger partial charge is 0.481 e. The molecule has 0 heterocycles. The maximum atomic E-state index is 11.5. The monoisotopic (exact) mass is 265 g/mol. The van der Waals surface area contributed by atoms with Crippen LogP contribution in [0, 0.1) is 5.92 Å². The maximum absolute atomic E-state index is 11.5. The standard InChI is InChI=1S/C12H15N3O4/c1-7(11(17)18)6-14-12(19)15-9-4-2-8(3-5-9)10(13)16/h2-5,7H,6H2,1H3,(H2,13,16)(H,17,18)(H2,14,15,19). The molecule has 0 aliphatic heterocycles. The van der Waals surface area contributed by atoms with Crippen LogP contribution in [0.25, 0.3) is 0 Å². The first-order valence-corrected chi connectivity index (χ1v) is 5.57. The van der Waals surface area contributed by atoms with Crippen LogP contribution in [0.15, 0.2) is 24.3 Å². The number of carboxylic acids is 1. The molecule has 1 atom stereocenters. The third-order valence-corrected chi connectivity index (χ3v) is 2.42. The van der Waals surface area contributed by atoms with Gasteiger partial charge in [0.1, 0.15) is 0 Å². The topological polar surface area (TPSA) is 122 Å². The maximum Gasteiger partial charge on any atom is 0.319 e. The number of carbonyl (C=O) groups is 3. The average molecular weight is 265 g/mol. The van der Waals surface area contributed by atoms with Gasteiger partial charge in [-0.05, 0) is 24.3 Å². The summed E-state index contributed by atoms with van der Waals surface area (Å²) >= 11 is 0. The third-order valence-electron chi connectivity index (χ3n) is 2.42. The number of urea groups is 1. The zero-order valence-corrected chi connectivity index (χ0v) is 10.3. The van der Waals surface area contributed by atoms with E-state index >= 15 is 0 Å². The van der Waals surface area contributed by atoms with E-state index in [9.17, 15) is 14.4 Å². The first-order chi connectivity index (χ1) is 8.90. The van der Waals surface area contributed by atoms with Crippen LogP contribution in [0.5, 0.6) is 0 Å². The molecule has 3 amide bonds. The van der Waals surface area contributed by atoms with Crippen molar-refractivity contribution in [2.75, 3.05) is 11.9 Å². The Hall–Kier alpha value is -2.57. The van der Waals surface area contributed by atoms with Crippen LogP contribution < -0.4 is 16.4 Å². The molecule has 1 rings (SSSR count). The van der Waals surface area contributed by atoms with E-state index in [-0.39, 0.29) is 6.54 Å². The van der Waals surface area contributed by atoms with Gasteiger partial charge in [-0.3, -0.25) is 9.59 Å². The van der Waals surface area contributed by atoms with Gasteiger partial charge < -0.3 is 21.5 Å². The van der Waals surface area contributed by atoms with Crippen LogP contribution >= 0.6 is 0 Å². The predicted molar refractivity (Wildman–Crippen MR) is 68.8 cm³/mol. The van der Waals surface area contributed by atoms with Gasteiger partial charge in [-0.25, -0.2) is 4.79 Å². The third kappa shape index (κ3) is 4.66. The van der Waals surface area contributed by atoms with Crippen molar-refractivity contribution < 1.29 is 19.5 Å². The molecule has 0 saturated carbocycles. The number of anilines is 1. The minimum atomic E-state index is -0.980. The van der Waals surface area contributed by atoms with E-state index in [4.69, 9.17) is 10.8 Å². The van der Waals surface area contributed by atoms with Gasteiger partial charge in [-0.15, -0.1) is 0 Å². The molecule has 0 fully saturated rings. The molecule has 0 saturated heterocycles. The number of amides is 3. The summed E-state index contributed by atoms with van der Waals surface area (Å²) in [5.41, 5.74) is 5.90. The molecule has 0 aliphatic carbocycles. The van der Waals surface area contributed by atoms with E-state index in [1.54, 1.807) is 0 Å². The zero-order chi connectivity index (χ0) is 14.4. The number of benzene rings is 1. The molecular weight excluding hydrogens is 250 g/mol. The number of carboxylic acid groups (broad SMARTS) is 1. The van der Waals surface area contributed by atoms with Crippen molar-refractivity contribution in [2.45, 2.75) is 6.92 Å². The average Bonchev–Trinajstić information content (AvgIpc) is 2.36. The minimum absolute atomic E-state index is 0.0283. The highest BCUT2D eigenvalue weighted by molar-refractivity contribution is 5.94. The number of nitrogens with two attached hydrogens (primary N) is 1. The summed E-state index contributed by atoms with van der Waals surface area (Å²) in [6, 6.07) is 5.51. The van der Waals surface area contributed by atoms with Gasteiger partial charge in [0.25, 0.3) is 0 Å². The van der Waals surface area contributed by atoms with Crippen molar-refractivity contribution in [3.63, 3.8) is 0 Å². The van der Waals surface area contributed by atoms with Gasteiger partial charge in [-0.2, -0.15) is 0 Å². The Bertz CT molecular complexity index is 484. The van der Waals surface area contributed by atoms with Crippen molar-refractivity contribution in [1.82, 2.24) is 5.32 Å². The molecule has 1 aromatic rings. The second kappa shape index (κ2) is 6.39. The fourth-order valence-corrected chi connectivity index (χ4v) is 1.23. The van der Waals surface area contributed by atoms with Gasteiger partial charge in [0, 0.05) is 17.8 Å². The second-order valence-corrected chi connectivity index (χ2v) is 4.02. The fraction of sp³-hybridized carbons (Fsp3) is 0.250. The smallest absolute Gasteiger partial charge is 0.319 e. The van der Waals surface area contributed by atoms with Gasteiger partial charge in [-0.1, -0.05) is 6.92 Å². The molecule has 0 aromatic heterocycles. The van der Waals surface area contributed by atoms with E-state index in [1.165, 1.54) is 31.2 Å². The number of hydrogen-bond donors (Lipinski definition) is 4. The molecule has 7 heteroatoms. The molecule has 0 bridgehead atoms. The summed E-state index contributed by atoms with van der Waals surface area (Å²) in [5.74, 6) is -2.19. The zero-order valence-electron chi connectivity index (χ0n) is 10.3. The minimum Gasteiger partial charge on any atom is -0.481 e. The van der Waals surface area contributed by atoms with Crippen LogP contribution in [0.2, 0.25) is 0 Å². The summed E-state index contributed by atoms with van der Waals surface area (Å²) in [6.45, 7) is 1.52. The van der Waals surface area contributed by atoms with Crippen molar-refractivity contribution in [2.24, 2.45) is 11.7 Å². The first kappa shape index (κ1) is 14.5. The SMILES string of the molecule is CC(CNC(=O)Nc1ccc(C(N)=O)cc1)C(=O)O. The Morgan fingerprint density at radius 2 is 1.84 bits per heavy atom. The van der Waals surface area contributed by atoms with E-state index < -0.39 is 23.8 Å². The summed E-state index contributed by atoms with van der Waals surface area (Å²) in [7, 11) is 0. The molecular formula is C12H15N3O4. The molecule has 1 aromatic carbocycles. The molecule has 0 radical (unpaired) electrons. The molecule has 102 valence electrons. The van der Waals surface area contributed by atoms with Crippen molar-refractivity contribution in [3.8, 4) is 0 Å². The normalized spacial score (nSPS) is 11.4.